The fourth-order valence-electron chi connectivity index (χ4n) is 2.74. The molecule has 0 bridgehead atoms. The smallest absolute Gasteiger partial charge is 0.223 e. The number of nitrogens with zero attached hydrogens (tertiary/aromatic N) is 5. The molecule has 1 fully saturated rings. The van der Waals surface area contributed by atoms with Crippen LogP contribution in [0.25, 0.3) is 0 Å². The molecule has 6 nitrogen and oxygen atoms in total. The average Bonchev–Trinajstić information content (AvgIpc) is 3.08. The van der Waals surface area contributed by atoms with Crippen molar-refractivity contribution in [1.82, 2.24) is 19.5 Å². The largest absolute Gasteiger partial charge is 0.347 e. The molecule has 0 amide bonds. The van der Waals surface area contributed by atoms with Crippen LogP contribution in [-0.2, 0) is 11.8 Å². The van der Waals surface area contributed by atoms with Crippen molar-refractivity contribution in [1.29, 1.82) is 0 Å². The highest BCUT2D eigenvalue weighted by atomic mass is 32.1. The summed E-state index contributed by atoms with van der Waals surface area (Å²) < 4.78 is 9.59. The van der Waals surface area contributed by atoms with Gasteiger partial charge in [0.15, 0.2) is 5.82 Å². The molecule has 0 radical (unpaired) electrons. The quantitative estimate of drug-likeness (QED) is 0.865. The summed E-state index contributed by atoms with van der Waals surface area (Å²) in [5.41, 5.74) is 0.00605. The zero-order valence-corrected chi connectivity index (χ0v) is 14.5. The molecule has 2 aromatic rings. The first kappa shape index (κ1) is 15.4. The highest BCUT2D eigenvalue weighted by Crippen LogP contribution is 2.29. The van der Waals surface area contributed by atoms with Crippen molar-refractivity contribution >= 4 is 16.7 Å². The van der Waals surface area contributed by atoms with Crippen molar-refractivity contribution in [2.75, 3.05) is 18.0 Å². The zero-order valence-electron chi connectivity index (χ0n) is 13.7. The molecular formula is C15H23N5OS. The Kier molecular flexibility index (Phi) is 4.16. The van der Waals surface area contributed by atoms with Gasteiger partial charge in [-0.25, -0.2) is 4.98 Å². The molecule has 1 aliphatic rings. The highest BCUT2D eigenvalue weighted by Gasteiger charge is 2.26. The minimum absolute atomic E-state index is 0.00605. The maximum absolute atomic E-state index is 5.06. The van der Waals surface area contributed by atoms with E-state index in [4.69, 9.17) is 9.51 Å². The van der Waals surface area contributed by atoms with Crippen LogP contribution in [0, 0.1) is 12.8 Å². The Bertz CT molecular complexity index is 630. The van der Waals surface area contributed by atoms with E-state index in [0.717, 1.165) is 36.3 Å². The topological polar surface area (TPSA) is 67.9 Å². The molecule has 2 aromatic heterocycles. The van der Waals surface area contributed by atoms with Crippen molar-refractivity contribution in [2.45, 2.75) is 52.4 Å². The summed E-state index contributed by atoms with van der Waals surface area (Å²) >= 11 is 1.51. The van der Waals surface area contributed by atoms with Gasteiger partial charge in [0, 0.05) is 43.4 Å². The Labute approximate surface area is 135 Å². The van der Waals surface area contributed by atoms with E-state index in [9.17, 15) is 0 Å². The number of anilines is 1. The third kappa shape index (κ3) is 3.45. The summed E-state index contributed by atoms with van der Waals surface area (Å²) in [4.78, 5) is 11.4. The van der Waals surface area contributed by atoms with E-state index >= 15 is 0 Å². The molecule has 1 atom stereocenters. The maximum atomic E-state index is 5.06. The van der Waals surface area contributed by atoms with Gasteiger partial charge in [0.05, 0.1) is 0 Å². The predicted octanol–water partition coefficient (Wildman–Crippen LogP) is 2.99. The Morgan fingerprint density at radius 1 is 1.32 bits per heavy atom. The first-order chi connectivity index (χ1) is 10.4. The monoisotopic (exact) mass is 321 g/mol. The van der Waals surface area contributed by atoms with Crippen LogP contribution in [0.3, 0.4) is 0 Å². The lowest BCUT2D eigenvalue weighted by molar-refractivity contribution is 0.369. The van der Waals surface area contributed by atoms with Gasteiger partial charge in [0.2, 0.25) is 11.0 Å². The molecule has 1 aliphatic heterocycles. The third-order valence-electron chi connectivity index (χ3n) is 3.92. The summed E-state index contributed by atoms with van der Waals surface area (Å²) in [7, 11) is 0. The van der Waals surface area contributed by atoms with Crippen molar-refractivity contribution in [3.63, 3.8) is 0 Å². The van der Waals surface area contributed by atoms with Gasteiger partial charge in [-0.2, -0.15) is 9.36 Å². The number of piperidine rings is 1. The molecule has 0 aromatic carbocycles. The Morgan fingerprint density at radius 3 is 2.77 bits per heavy atom. The summed E-state index contributed by atoms with van der Waals surface area (Å²) in [5.74, 6) is 2.94. The Hall–Kier alpha value is -1.50. The maximum Gasteiger partial charge on any atom is 0.223 e. The minimum atomic E-state index is 0.00605. The van der Waals surface area contributed by atoms with Crippen LogP contribution in [0.1, 0.15) is 51.2 Å². The van der Waals surface area contributed by atoms with Gasteiger partial charge in [0.25, 0.3) is 0 Å². The van der Waals surface area contributed by atoms with E-state index in [1.165, 1.54) is 24.4 Å². The average molecular weight is 321 g/mol. The van der Waals surface area contributed by atoms with E-state index < -0.39 is 0 Å². The summed E-state index contributed by atoms with van der Waals surface area (Å²) in [6.45, 7) is 10.3. The van der Waals surface area contributed by atoms with Gasteiger partial charge in [-0.15, -0.1) is 0 Å². The van der Waals surface area contributed by atoms with Gasteiger partial charge in [-0.05, 0) is 18.8 Å². The minimum Gasteiger partial charge on any atom is -0.347 e. The number of hydrogen-bond donors (Lipinski definition) is 0. The second-order valence-electron chi connectivity index (χ2n) is 7.04. The van der Waals surface area contributed by atoms with Crippen LogP contribution >= 0.6 is 11.5 Å². The summed E-state index contributed by atoms with van der Waals surface area (Å²) in [6.07, 6.45) is 3.25. The van der Waals surface area contributed by atoms with Crippen molar-refractivity contribution < 1.29 is 4.52 Å². The summed E-state index contributed by atoms with van der Waals surface area (Å²) in [6, 6.07) is 0. The first-order valence-corrected chi connectivity index (χ1v) is 8.57. The number of hydrogen-bond acceptors (Lipinski definition) is 7. The molecule has 0 N–H and O–H groups in total. The molecule has 0 saturated carbocycles. The fourth-order valence-corrected chi connectivity index (χ4v) is 3.63. The van der Waals surface area contributed by atoms with Crippen LogP contribution < -0.4 is 4.90 Å². The Balaban J connectivity index is 1.66. The number of aromatic nitrogens is 4. The second kappa shape index (κ2) is 5.95. The van der Waals surface area contributed by atoms with Gasteiger partial charge >= 0.3 is 0 Å². The van der Waals surface area contributed by atoms with Gasteiger partial charge in [-0.3, -0.25) is 0 Å². The molecule has 0 aliphatic carbocycles. The molecule has 22 heavy (non-hydrogen) atoms. The van der Waals surface area contributed by atoms with Crippen molar-refractivity contribution in [3.8, 4) is 0 Å². The fraction of sp³-hybridized carbons (Fsp3) is 0.733. The first-order valence-electron chi connectivity index (χ1n) is 7.80. The molecular weight excluding hydrogens is 298 g/mol. The van der Waals surface area contributed by atoms with Gasteiger partial charge in [-0.1, -0.05) is 25.9 Å². The molecule has 0 spiro atoms. The van der Waals surface area contributed by atoms with Crippen molar-refractivity contribution in [2.24, 2.45) is 5.92 Å². The predicted molar refractivity (Wildman–Crippen MR) is 86.3 cm³/mol. The zero-order chi connectivity index (χ0) is 15.7. The van der Waals surface area contributed by atoms with Crippen LogP contribution in [-0.4, -0.2) is 32.6 Å². The third-order valence-corrected chi connectivity index (χ3v) is 4.69. The highest BCUT2D eigenvalue weighted by molar-refractivity contribution is 7.09. The van der Waals surface area contributed by atoms with E-state index in [2.05, 4.69) is 40.2 Å². The molecule has 120 valence electrons. The van der Waals surface area contributed by atoms with E-state index in [0.29, 0.717) is 11.8 Å². The molecule has 1 unspecified atom stereocenters. The second-order valence-corrected chi connectivity index (χ2v) is 7.77. The molecule has 1 saturated heterocycles. The van der Waals surface area contributed by atoms with E-state index in [-0.39, 0.29) is 5.41 Å². The summed E-state index contributed by atoms with van der Waals surface area (Å²) in [5, 5.41) is 5.05. The molecule has 3 rings (SSSR count). The van der Waals surface area contributed by atoms with Gasteiger partial charge in [0.1, 0.15) is 5.82 Å². The lowest BCUT2D eigenvalue weighted by Gasteiger charge is -2.31. The molecule has 3 heterocycles. The lowest BCUT2D eigenvalue weighted by atomic mass is 9.95. The van der Waals surface area contributed by atoms with E-state index in [1.807, 2.05) is 6.92 Å². The normalized spacial score (nSPS) is 19.6. The van der Waals surface area contributed by atoms with E-state index in [1.54, 1.807) is 0 Å². The van der Waals surface area contributed by atoms with Crippen LogP contribution in [0.2, 0.25) is 0 Å². The van der Waals surface area contributed by atoms with Crippen LogP contribution in [0.4, 0.5) is 5.13 Å². The van der Waals surface area contributed by atoms with Gasteiger partial charge < -0.3 is 9.42 Å². The van der Waals surface area contributed by atoms with Crippen LogP contribution in [0.15, 0.2) is 4.52 Å². The molecule has 7 heteroatoms. The Morgan fingerprint density at radius 2 is 2.14 bits per heavy atom. The number of rotatable bonds is 3. The van der Waals surface area contributed by atoms with Crippen molar-refractivity contribution in [3.05, 3.63) is 17.5 Å². The SMILES string of the molecule is Cc1nc(CC2CCCN(c3nc(C(C)(C)C)ns3)C2)no1. The number of aryl methyl sites for hydroxylation is 1. The lowest BCUT2D eigenvalue weighted by Crippen LogP contribution is -2.36. The standard InChI is InChI=1S/C15H23N5OS/c1-10-16-12(18-21-10)8-11-6-5-7-20(9-11)14-17-13(19-22-14)15(2,3)4/h11H,5-9H2,1-4H3. The van der Waals surface area contributed by atoms with Crippen LogP contribution in [0.5, 0.6) is 0 Å².